The van der Waals surface area contributed by atoms with Crippen molar-refractivity contribution in [2.24, 2.45) is 0 Å². The number of benzene rings is 1. The van der Waals surface area contributed by atoms with Gasteiger partial charge in [0.2, 0.25) is 6.41 Å². The summed E-state index contributed by atoms with van der Waals surface area (Å²) in [6.07, 6.45) is 5.00. The Balaban J connectivity index is 2.10. The molecule has 1 aliphatic rings. The van der Waals surface area contributed by atoms with Crippen molar-refractivity contribution in [1.82, 2.24) is 4.90 Å². The van der Waals surface area contributed by atoms with Crippen molar-refractivity contribution in [3.8, 4) is 5.75 Å². The number of carbonyl (C=O) groups excluding carboxylic acids is 1. The molecule has 1 aromatic rings. The summed E-state index contributed by atoms with van der Waals surface area (Å²) in [6.45, 7) is 2.95. The van der Waals surface area contributed by atoms with Gasteiger partial charge in [0.1, 0.15) is 5.75 Å². The van der Waals surface area contributed by atoms with Crippen LogP contribution >= 0.6 is 0 Å². The third-order valence-corrected chi connectivity index (χ3v) is 3.41. The van der Waals surface area contributed by atoms with Crippen molar-refractivity contribution in [3.63, 3.8) is 0 Å². The number of carbonyl (C=O) groups is 1. The summed E-state index contributed by atoms with van der Waals surface area (Å²) >= 11 is 0. The summed E-state index contributed by atoms with van der Waals surface area (Å²) in [4.78, 5) is 12.9. The summed E-state index contributed by atoms with van der Waals surface area (Å²) in [5.74, 6) is 0.862. The highest BCUT2D eigenvalue weighted by Gasteiger charge is 2.19. The van der Waals surface area contributed by atoms with Gasteiger partial charge in [-0.1, -0.05) is 23.8 Å². The molecule has 0 fully saturated rings. The lowest BCUT2D eigenvalue weighted by Crippen LogP contribution is -2.38. The number of hydrogen-bond donors (Lipinski definition) is 0. The van der Waals surface area contributed by atoms with Crippen molar-refractivity contribution in [2.45, 2.75) is 25.8 Å². The van der Waals surface area contributed by atoms with Gasteiger partial charge in [-0.15, -0.1) is 0 Å². The van der Waals surface area contributed by atoms with Crippen LogP contribution in [0.25, 0.3) is 0 Å². The van der Waals surface area contributed by atoms with Crippen LogP contribution in [0.15, 0.2) is 35.9 Å². The molecule has 1 aromatic carbocycles. The summed E-state index contributed by atoms with van der Waals surface area (Å²) in [5.41, 5.74) is 2.59. The van der Waals surface area contributed by atoms with E-state index in [2.05, 4.69) is 25.1 Å². The van der Waals surface area contributed by atoms with E-state index in [0.29, 0.717) is 0 Å². The van der Waals surface area contributed by atoms with Crippen molar-refractivity contribution in [2.75, 3.05) is 13.7 Å². The fourth-order valence-corrected chi connectivity index (χ4v) is 2.29. The van der Waals surface area contributed by atoms with E-state index in [0.717, 1.165) is 31.5 Å². The summed E-state index contributed by atoms with van der Waals surface area (Å²) in [6, 6.07) is 8.21. The number of ether oxygens (including phenoxy) is 1. The quantitative estimate of drug-likeness (QED) is 0.602. The molecule has 3 heteroatoms. The van der Waals surface area contributed by atoms with Crippen LogP contribution in [0.5, 0.6) is 5.75 Å². The molecule has 0 saturated carbocycles. The first-order chi connectivity index (χ1) is 8.72. The van der Waals surface area contributed by atoms with Gasteiger partial charge in [-0.2, -0.15) is 0 Å². The van der Waals surface area contributed by atoms with E-state index >= 15 is 0 Å². The first-order valence-electron chi connectivity index (χ1n) is 6.24. The lowest BCUT2D eigenvalue weighted by atomic mass is 9.98. The molecule has 0 aromatic heterocycles. The first-order valence-corrected chi connectivity index (χ1v) is 6.24. The van der Waals surface area contributed by atoms with Gasteiger partial charge in [-0.25, -0.2) is 0 Å². The van der Waals surface area contributed by atoms with Gasteiger partial charge < -0.3 is 9.64 Å². The summed E-state index contributed by atoms with van der Waals surface area (Å²) in [7, 11) is 1.66. The van der Waals surface area contributed by atoms with Crippen LogP contribution in [-0.4, -0.2) is 31.0 Å². The summed E-state index contributed by atoms with van der Waals surface area (Å²) in [5, 5.41) is 0. The van der Waals surface area contributed by atoms with Gasteiger partial charge in [-0.05, 0) is 37.5 Å². The van der Waals surface area contributed by atoms with Crippen LogP contribution in [0.4, 0.5) is 0 Å². The molecule has 1 unspecified atom stereocenters. The Morgan fingerprint density at radius 3 is 2.72 bits per heavy atom. The fourth-order valence-electron chi connectivity index (χ4n) is 2.29. The molecule has 0 N–H and O–H groups in total. The SMILES string of the molecule is COc1ccc(CC2C=C(C)CCN2C=O)cc1. The number of methoxy groups -OCH3 is 1. The lowest BCUT2D eigenvalue weighted by molar-refractivity contribution is -0.119. The van der Waals surface area contributed by atoms with Gasteiger partial charge in [0.15, 0.2) is 0 Å². The molecule has 1 heterocycles. The maximum atomic E-state index is 11.0. The van der Waals surface area contributed by atoms with E-state index < -0.39 is 0 Å². The fraction of sp³-hybridized carbons (Fsp3) is 0.400. The van der Waals surface area contributed by atoms with Gasteiger partial charge in [0, 0.05) is 6.54 Å². The molecule has 0 radical (unpaired) electrons. The maximum Gasteiger partial charge on any atom is 0.210 e. The Labute approximate surface area is 108 Å². The lowest BCUT2D eigenvalue weighted by Gasteiger charge is -2.30. The van der Waals surface area contributed by atoms with Crippen LogP contribution < -0.4 is 4.74 Å². The molecule has 1 atom stereocenters. The standard InChI is InChI=1S/C15H19NO2/c1-12-7-8-16(11-17)14(9-12)10-13-3-5-15(18-2)6-4-13/h3-6,9,11,14H,7-8,10H2,1-2H3. The van der Waals surface area contributed by atoms with Crippen molar-refractivity contribution in [1.29, 1.82) is 0 Å². The largest absolute Gasteiger partial charge is 0.497 e. The number of nitrogens with zero attached hydrogens (tertiary/aromatic N) is 1. The van der Waals surface area contributed by atoms with Gasteiger partial charge in [0.25, 0.3) is 0 Å². The molecule has 0 saturated heterocycles. The average molecular weight is 245 g/mol. The molecule has 0 bridgehead atoms. The Kier molecular flexibility index (Phi) is 4.03. The molecule has 18 heavy (non-hydrogen) atoms. The second-order valence-corrected chi connectivity index (χ2v) is 4.73. The minimum atomic E-state index is 0.185. The number of amides is 1. The van der Waals surface area contributed by atoms with Crippen LogP contribution in [-0.2, 0) is 11.2 Å². The Morgan fingerprint density at radius 1 is 1.39 bits per heavy atom. The molecule has 0 aliphatic carbocycles. The zero-order valence-electron chi connectivity index (χ0n) is 10.9. The van der Waals surface area contributed by atoms with Gasteiger partial charge >= 0.3 is 0 Å². The average Bonchev–Trinajstić information content (AvgIpc) is 2.40. The third kappa shape index (κ3) is 2.92. The Bertz CT molecular complexity index is 436. The zero-order valence-corrected chi connectivity index (χ0v) is 10.9. The normalized spacial score (nSPS) is 19.3. The molecular formula is C15H19NO2. The Morgan fingerprint density at radius 2 is 2.11 bits per heavy atom. The van der Waals surface area contributed by atoms with Crippen LogP contribution in [0.2, 0.25) is 0 Å². The highest BCUT2D eigenvalue weighted by Crippen LogP contribution is 2.19. The molecule has 2 rings (SSSR count). The van der Waals surface area contributed by atoms with Crippen molar-refractivity contribution in [3.05, 3.63) is 41.5 Å². The second-order valence-electron chi connectivity index (χ2n) is 4.73. The van der Waals surface area contributed by atoms with E-state index in [1.807, 2.05) is 17.0 Å². The first kappa shape index (κ1) is 12.7. The molecule has 96 valence electrons. The van der Waals surface area contributed by atoms with Crippen LogP contribution in [0.1, 0.15) is 18.9 Å². The minimum Gasteiger partial charge on any atom is -0.497 e. The van der Waals surface area contributed by atoms with Crippen LogP contribution in [0.3, 0.4) is 0 Å². The van der Waals surface area contributed by atoms with Crippen LogP contribution in [0, 0.1) is 0 Å². The molecular weight excluding hydrogens is 226 g/mol. The number of rotatable bonds is 4. The minimum absolute atomic E-state index is 0.185. The van der Waals surface area contributed by atoms with Gasteiger partial charge in [-0.3, -0.25) is 4.79 Å². The Hall–Kier alpha value is -1.77. The van der Waals surface area contributed by atoms with E-state index in [9.17, 15) is 4.79 Å². The third-order valence-electron chi connectivity index (χ3n) is 3.41. The van der Waals surface area contributed by atoms with E-state index in [4.69, 9.17) is 4.74 Å². The van der Waals surface area contributed by atoms with Crippen molar-refractivity contribution < 1.29 is 9.53 Å². The number of hydrogen-bond acceptors (Lipinski definition) is 2. The predicted molar refractivity (Wildman–Crippen MR) is 71.6 cm³/mol. The highest BCUT2D eigenvalue weighted by atomic mass is 16.5. The molecule has 0 spiro atoms. The monoisotopic (exact) mass is 245 g/mol. The van der Waals surface area contributed by atoms with E-state index in [1.165, 1.54) is 11.1 Å². The molecule has 1 aliphatic heterocycles. The van der Waals surface area contributed by atoms with Crippen molar-refractivity contribution >= 4 is 6.41 Å². The smallest absolute Gasteiger partial charge is 0.210 e. The summed E-state index contributed by atoms with van der Waals surface area (Å²) < 4.78 is 5.14. The van der Waals surface area contributed by atoms with E-state index in [1.54, 1.807) is 7.11 Å². The maximum absolute atomic E-state index is 11.0. The topological polar surface area (TPSA) is 29.5 Å². The zero-order chi connectivity index (χ0) is 13.0. The molecule has 1 amide bonds. The predicted octanol–water partition coefficient (Wildman–Crippen LogP) is 2.41. The van der Waals surface area contributed by atoms with E-state index in [-0.39, 0.29) is 6.04 Å². The second kappa shape index (κ2) is 5.71. The van der Waals surface area contributed by atoms with Gasteiger partial charge in [0.05, 0.1) is 13.2 Å². The highest BCUT2D eigenvalue weighted by molar-refractivity contribution is 5.49. The molecule has 3 nitrogen and oxygen atoms in total.